The Morgan fingerprint density at radius 1 is 1.29 bits per heavy atom. The highest BCUT2D eigenvalue weighted by Gasteiger charge is 2.20. The van der Waals surface area contributed by atoms with E-state index in [1.807, 2.05) is 13.1 Å². The molecule has 0 bridgehead atoms. The molecule has 1 aromatic rings. The van der Waals surface area contributed by atoms with Crippen LogP contribution >= 0.6 is 15.9 Å². The highest BCUT2D eigenvalue weighted by molar-refractivity contribution is 9.10. The van der Waals surface area contributed by atoms with Gasteiger partial charge >= 0.3 is 0 Å². The summed E-state index contributed by atoms with van der Waals surface area (Å²) in [5.41, 5.74) is 1.02. The largest absolute Gasteiger partial charge is 0.316 e. The van der Waals surface area contributed by atoms with Crippen LogP contribution in [0.2, 0.25) is 0 Å². The van der Waals surface area contributed by atoms with Crippen LogP contribution in [0, 0.1) is 17.7 Å². The van der Waals surface area contributed by atoms with Crippen molar-refractivity contribution in [1.82, 2.24) is 5.32 Å². The first-order chi connectivity index (χ1) is 7.97. The lowest BCUT2D eigenvalue weighted by molar-refractivity contribution is 0.309. The first kappa shape index (κ1) is 14.7. The summed E-state index contributed by atoms with van der Waals surface area (Å²) in [6.45, 7) is 6.67. The van der Waals surface area contributed by atoms with Gasteiger partial charge in [-0.2, -0.15) is 0 Å². The maximum absolute atomic E-state index is 13.4. The normalized spacial score (nSPS) is 15.0. The quantitative estimate of drug-likeness (QED) is 0.866. The molecule has 0 aliphatic heterocycles. The molecule has 0 aliphatic rings. The Morgan fingerprint density at radius 2 is 1.94 bits per heavy atom. The molecule has 2 atom stereocenters. The van der Waals surface area contributed by atoms with E-state index in [1.54, 1.807) is 6.07 Å². The van der Waals surface area contributed by atoms with Crippen LogP contribution in [0.3, 0.4) is 0 Å². The molecule has 0 spiro atoms. The van der Waals surface area contributed by atoms with Gasteiger partial charge in [-0.05, 0) is 52.9 Å². The molecule has 1 nitrogen and oxygen atoms in total. The van der Waals surface area contributed by atoms with E-state index >= 15 is 0 Å². The fraction of sp³-hybridized carbons (Fsp3) is 0.571. The van der Waals surface area contributed by atoms with Crippen LogP contribution < -0.4 is 5.32 Å². The molecule has 0 amide bonds. The zero-order valence-corrected chi connectivity index (χ0v) is 12.5. The van der Waals surface area contributed by atoms with Crippen LogP contribution in [0.25, 0.3) is 0 Å². The van der Waals surface area contributed by atoms with Crippen molar-refractivity contribution in [2.75, 3.05) is 7.05 Å². The number of halogens is 2. The van der Waals surface area contributed by atoms with Gasteiger partial charge in [0.05, 0.1) is 4.47 Å². The number of likely N-dealkylation sites (N-methyl/N-ethyl adjacent to an activating group) is 1. The van der Waals surface area contributed by atoms with E-state index in [2.05, 4.69) is 42.0 Å². The summed E-state index contributed by atoms with van der Waals surface area (Å²) in [5, 5.41) is 3.34. The molecule has 0 aliphatic carbocycles. The van der Waals surface area contributed by atoms with E-state index in [4.69, 9.17) is 0 Å². The SMILES string of the molecule is CNC(Cc1cccc(F)c1Br)C(C)C(C)C. The smallest absolute Gasteiger partial charge is 0.137 e. The third-order valence-electron chi connectivity index (χ3n) is 3.53. The van der Waals surface area contributed by atoms with Crippen molar-refractivity contribution < 1.29 is 4.39 Å². The number of benzene rings is 1. The lowest BCUT2D eigenvalue weighted by Gasteiger charge is -2.27. The monoisotopic (exact) mass is 301 g/mol. The van der Waals surface area contributed by atoms with Gasteiger partial charge in [-0.15, -0.1) is 0 Å². The van der Waals surface area contributed by atoms with E-state index in [1.165, 1.54) is 6.07 Å². The molecule has 2 unspecified atom stereocenters. The zero-order valence-electron chi connectivity index (χ0n) is 10.9. The Kier molecular flexibility index (Phi) is 5.60. The Hall–Kier alpha value is -0.410. The van der Waals surface area contributed by atoms with Gasteiger partial charge in [-0.3, -0.25) is 0 Å². The summed E-state index contributed by atoms with van der Waals surface area (Å²) in [5.74, 6) is 0.976. The lowest BCUT2D eigenvalue weighted by Crippen LogP contribution is -2.36. The fourth-order valence-corrected chi connectivity index (χ4v) is 2.38. The number of nitrogens with one attached hydrogen (secondary N) is 1. The average molecular weight is 302 g/mol. The van der Waals surface area contributed by atoms with E-state index in [-0.39, 0.29) is 5.82 Å². The molecule has 0 radical (unpaired) electrons. The molecule has 0 saturated carbocycles. The number of rotatable bonds is 5. The summed E-state index contributed by atoms with van der Waals surface area (Å²) in [4.78, 5) is 0. The molecule has 0 saturated heterocycles. The van der Waals surface area contributed by atoms with Crippen LogP contribution in [-0.4, -0.2) is 13.1 Å². The van der Waals surface area contributed by atoms with Crippen molar-refractivity contribution in [1.29, 1.82) is 0 Å². The van der Waals surface area contributed by atoms with E-state index < -0.39 is 0 Å². The second kappa shape index (κ2) is 6.50. The summed E-state index contributed by atoms with van der Waals surface area (Å²) < 4.78 is 14.0. The summed E-state index contributed by atoms with van der Waals surface area (Å²) >= 11 is 3.32. The van der Waals surface area contributed by atoms with Gasteiger partial charge in [0, 0.05) is 6.04 Å². The molecule has 96 valence electrons. The predicted molar refractivity (Wildman–Crippen MR) is 74.7 cm³/mol. The van der Waals surface area contributed by atoms with Gasteiger partial charge in [0.1, 0.15) is 5.82 Å². The molecule has 3 heteroatoms. The van der Waals surface area contributed by atoms with Crippen LogP contribution in [0.4, 0.5) is 4.39 Å². The van der Waals surface area contributed by atoms with Crippen molar-refractivity contribution >= 4 is 15.9 Å². The van der Waals surface area contributed by atoms with Gasteiger partial charge in [0.2, 0.25) is 0 Å². The van der Waals surface area contributed by atoms with Gasteiger partial charge in [-0.25, -0.2) is 4.39 Å². The highest BCUT2D eigenvalue weighted by Crippen LogP contribution is 2.24. The van der Waals surface area contributed by atoms with E-state index in [0.717, 1.165) is 12.0 Å². The third-order valence-corrected chi connectivity index (χ3v) is 4.42. The number of hydrogen-bond donors (Lipinski definition) is 1. The predicted octanol–water partition coefficient (Wildman–Crippen LogP) is 4.01. The molecule has 0 heterocycles. The molecular weight excluding hydrogens is 281 g/mol. The topological polar surface area (TPSA) is 12.0 Å². The maximum atomic E-state index is 13.4. The van der Waals surface area contributed by atoms with Crippen molar-refractivity contribution in [2.24, 2.45) is 11.8 Å². The van der Waals surface area contributed by atoms with Gasteiger partial charge in [0.15, 0.2) is 0 Å². The van der Waals surface area contributed by atoms with Crippen molar-refractivity contribution in [3.05, 3.63) is 34.1 Å². The maximum Gasteiger partial charge on any atom is 0.137 e. The molecular formula is C14H21BrFN. The fourth-order valence-electron chi connectivity index (χ4n) is 1.96. The summed E-state index contributed by atoms with van der Waals surface area (Å²) in [6, 6.07) is 5.59. The third kappa shape index (κ3) is 3.78. The standard InChI is InChI=1S/C14H21BrFN/c1-9(2)10(3)13(17-4)8-11-6-5-7-12(16)14(11)15/h5-7,9-10,13,17H,8H2,1-4H3. The van der Waals surface area contributed by atoms with Gasteiger partial charge in [-0.1, -0.05) is 32.9 Å². The average Bonchev–Trinajstić information content (AvgIpc) is 2.30. The zero-order chi connectivity index (χ0) is 13.0. The van der Waals surface area contributed by atoms with Crippen molar-refractivity contribution in [3.8, 4) is 0 Å². The second-order valence-electron chi connectivity index (χ2n) is 4.92. The van der Waals surface area contributed by atoms with Crippen LogP contribution in [-0.2, 0) is 6.42 Å². The van der Waals surface area contributed by atoms with E-state index in [0.29, 0.717) is 22.4 Å². The molecule has 1 N–H and O–H groups in total. The van der Waals surface area contributed by atoms with Gasteiger partial charge in [0.25, 0.3) is 0 Å². The second-order valence-corrected chi connectivity index (χ2v) is 5.71. The molecule has 17 heavy (non-hydrogen) atoms. The molecule has 1 rings (SSSR count). The van der Waals surface area contributed by atoms with Crippen molar-refractivity contribution in [3.63, 3.8) is 0 Å². The Morgan fingerprint density at radius 3 is 2.47 bits per heavy atom. The minimum absolute atomic E-state index is 0.186. The minimum atomic E-state index is -0.186. The Balaban J connectivity index is 2.84. The lowest BCUT2D eigenvalue weighted by atomic mass is 9.87. The minimum Gasteiger partial charge on any atom is -0.316 e. The number of hydrogen-bond acceptors (Lipinski definition) is 1. The van der Waals surface area contributed by atoms with E-state index in [9.17, 15) is 4.39 Å². The summed E-state index contributed by atoms with van der Waals surface area (Å²) in [7, 11) is 1.97. The van der Waals surface area contributed by atoms with Crippen LogP contribution in [0.1, 0.15) is 26.3 Å². The van der Waals surface area contributed by atoms with Crippen LogP contribution in [0.15, 0.2) is 22.7 Å². The molecule has 0 fully saturated rings. The van der Waals surface area contributed by atoms with Crippen LogP contribution in [0.5, 0.6) is 0 Å². The summed E-state index contributed by atoms with van der Waals surface area (Å²) in [6.07, 6.45) is 0.841. The van der Waals surface area contributed by atoms with Crippen molar-refractivity contribution in [2.45, 2.75) is 33.2 Å². The molecule has 0 aromatic heterocycles. The Bertz CT molecular complexity index is 365. The Labute approximate surface area is 112 Å². The first-order valence-corrected chi connectivity index (χ1v) is 6.86. The van der Waals surface area contributed by atoms with Gasteiger partial charge < -0.3 is 5.32 Å². The first-order valence-electron chi connectivity index (χ1n) is 6.07. The highest BCUT2D eigenvalue weighted by atomic mass is 79.9. The molecule has 1 aromatic carbocycles.